The molecule has 2 fully saturated rings. The Morgan fingerprint density at radius 1 is 1.40 bits per heavy atom. The van der Waals surface area contributed by atoms with Crippen molar-refractivity contribution >= 4 is 39.9 Å². The van der Waals surface area contributed by atoms with E-state index in [1.807, 2.05) is 0 Å². The highest BCUT2D eigenvalue weighted by molar-refractivity contribution is 6.35. The van der Waals surface area contributed by atoms with Gasteiger partial charge in [-0.3, -0.25) is 20.2 Å². The van der Waals surface area contributed by atoms with Crippen LogP contribution in [-0.4, -0.2) is 42.2 Å². The Bertz CT molecular complexity index is 1550. The predicted octanol–water partition coefficient (Wildman–Crippen LogP) is 4.07. The molecule has 178 valence electrons. The molecule has 4 aromatic rings. The summed E-state index contributed by atoms with van der Waals surface area (Å²) in [7, 11) is 0. The first-order valence-electron chi connectivity index (χ1n) is 11.1. The average Bonchev–Trinajstić information content (AvgIpc) is 3.66. The summed E-state index contributed by atoms with van der Waals surface area (Å²) in [6, 6.07) is 1.76. The Morgan fingerprint density at radius 3 is 2.86 bits per heavy atom. The van der Waals surface area contributed by atoms with Crippen molar-refractivity contribution in [3.63, 3.8) is 0 Å². The summed E-state index contributed by atoms with van der Waals surface area (Å²) in [6.45, 7) is 1.78. The number of hydrogen-bond donors (Lipinski definition) is 3. The minimum absolute atomic E-state index is 0.118. The van der Waals surface area contributed by atoms with Gasteiger partial charge in [0.25, 0.3) is 0 Å². The lowest BCUT2D eigenvalue weighted by Gasteiger charge is -2.21. The number of nitrogens with zero attached hydrogens (tertiary/aromatic N) is 5. The third-order valence-electron chi connectivity index (χ3n) is 6.61. The monoisotopic (exact) mass is 496 g/mol. The highest BCUT2D eigenvalue weighted by Gasteiger charge is 2.45. The molecule has 0 saturated heterocycles. The Morgan fingerprint density at radius 2 is 2.17 bits per heavy atom. The molecular weight excluding hydrogens is 478 g/mol. The standard InChI is InChI=1S/C23H19ClF2N8O/c1-10(32-23(9-27)2-3-23)17-20(26)19(24)18(12-5-29-33-21(12)17)14-7-34-8-15(30-16(34)6-28-14)31-22(35)11-4-13(11)25/h5-8,10-11,13,32H,2-4H2,1H3,(H,29,33)(H,31,35)/t10?,11-,13+/m1/s1. The number of alkyl halides is 1. The molecule has 9 nitrogen and oxygen atoms in total. The molecule has 3 heterocycles. The molecular formula is C23H19ClF2N8O. The summed E-state index contributed by atoms with van der Waals surface area (Å²) in [4.78, 5) is 20.7. The van der Waals surface area contributed by atoms with Gasteiger partial charge in [-0.1, -0.05) is 11.6 Å². The number of H-pyrrole nitrogens is 1. The van der Waals surface area contributed by atoms with E-state index in [1.54, 1.807) is 29.9 Å². The van der Waals surface area contributed by atoms with Gasteiger partial charge in [-0.25, -0.2) is 13.8 Å². The number of nitrogens with one attached hydrogen (secondary N) is 3. The normalized spacial score (nSPS) is 21.1. The van der Waals surface area contributed by atoms with E-state index in [0.717, 1.165) is 0 Å². The van der Waals surface area contributed by atoms with E-state index in [9.17, 15) is 14.4 Å². The fourth-order valence-electron chi connectivity index (χ4n) is 4.44. The van der Waals surface area contributed by atoms with Crippen LogP contribution < -0.4 is 10.6 Å². The van der Waals surface area contributed by atoms with E-state index >= 15 is 4.39 Å². The van der Waals surface area contributed by atoms with Crippen molar-refractivity contribution in [2.24, 2.45) is 5.92 Å². The first-order chi connectivity index (χ1) is 16.8. The number of aromatic amines is 1. The van der Waals surface area contributed by atoms with Gasteiger partial charge in [0.1, 0.15) is 17.5 Å². The molecule has 3 N–H and O–H groups in total. The molecule has 0 radical (unpaired) electrons. The zero-order chi connectivity index (χ0) is 24.5. The molecule has 2 aliphatic rings. The number of halogens is 3. The van der Waals surface area contributed by atoms with Crippen LogP contribution in [0.25, 0.3) is 27.8 Å². The number of aromatic nitrogens is 5. The van der Waals surface area contributed by atoms with Gasteiger partial charge in [0, 0.05) is 28.8 Å². The van der Waals surface area contributed by atoms with Crippen LogP contribution in [0.5, 0.6) is 0 Å². The molecule has 3 aromatic heterocycles. The van der Waals surface area contributed by atoms with E-state index in [-0.39, 0.29) is 17.3 Å². The second kappa shape index (κ2) is 7.69. The van der Waals surface area contributed by atoms with Crippen LogP contribution >= 0.6 is 11.6 Å². The number of carbonyl (C=O) groups is 1. The number of imidazole rings is 1. The summed E-state index contributed by atoms with van der Waals surface area (Å²) in [5, 5.41) is 22.6. The van der Waals surface area contributed by atoms with Gasteiger partial charge in [-0.05, 0) is 26.2 Å². The second-order valence-corrected chi connectivity index (χ2v) is 9.52. The Balaban J connectivity index is 1.39. The van der Waals surface area contributed by atoms with E-state index in [4.69, 9.17) is 11.6 Å². The van der Waals surface area contributed by atoms with E-state index in [0.29, 0.717) is 46.2 Å². The number of fused-ring (bicyclic) bond motifs is 2. The van der Waals surface area contributed by atoms with Crippen molar-refractivity contribution in [2.75, 3.05) is 5.32 Å². The summed E-state index contributed by atoms with van der Waals surface area (Å²) in [6.07, 6.45) is 6.75. The molecule has 35 heavy (non-hydrogen) atoms. The molecule has 0 spiro atoms. The largest absolute Gasteiger partial charge is 0.309 e. The SMILES string of the molecule is CC(NC1(C#N)CC1)c1c(F)c(Cl)c(-c2cn3cc(NC(=O)[C@@H]4C[C@@H]4F)nc3cn2)c2cn[nH]c12. The van der Waals surface area contributed by atoms with Crippen molar-refractivity contribution < 1.29 is 13.6 Å². The number of nitriles is 1. The maximum Gasteiger partial charge on any atom is 0.231 e. The fourth-order valence-corrected chi connectivity index (χ4v) is 4.74. The number of hydrogen-bond acceptors (Lipinski definition) is 6. The topological polar surface area (TPSA) is 124 Å². The van der Waals surface area contributed by atoms with Gasteiger partial charge < -0.3 is 9.72 Å². The lowest BCUT2D eigenvalue weighted by Crippen LogP contribution is -2.32. The van der Waals surface area contributed by atoms with Crippen LogP contribution in [0.2, 0.25) is 5.02 Å². The molecule has 3 atom stereocenters. The molecule has 12 heteroatoms. The quantitative estimate of drug-likeness (QED) is 0.369. The lowest BCUT2D eigenvalue weighted by atomic mass is 9.98. The highest BCUT2D eigenvalue weighted by atomic mass is 35.5. The molecule has 6 rings (SSSR count). The summed E-state index contributed by atoms with van der Waals surface area (Å²) in [5.74, 6) is -1.41. The van der Waals surface area contributed by atoms with Crippen LogP contribution in [0.15, 0.2) is 24.8 Å². The van der Waals surface area contributed by atoms with Crippen molar-refractivity contribution in [1.29, 1.82) is 5.26 Å². The smallest absolute Gasteiger partial charge is 0.231 e. The van der Waals surface area contributed by atoms with Gasteiger partial charge in [-0.2, -0.15) is 10.4 Å². The van der Waals surface area contributed by atoms with Gasteiger partial charge in [0.05, 0.1) is 46.8 Å². The van der Waals surface area contributed by atoms with Crippen molar-refractivity contribution in [3.8, 4) is 17.3 Å². The van der Waals surface area contributed by atoms with E-state index < -0.39 is 35.4 Å². The minimum Gasteiger partial charge on any atom is -0.309 e. The maximum atomic E-state index is 15.7. The molecule has 0 bridgehead atoms. The molecule has 2 saturated carbocycles. The number of anilines is 1. The van der Waals surface area contributed by atoms with Crippen LogP contribution in [0.4, 0.5) is 14.6 Å². The first kappa shape index (κ1) is 21.9. The fraction of sp³-hybridized carbons (Fsp3) is 0.348. The first-order valence-corrected chi connectivity index (χ1v) is 11.5. The van der Waals surface area contributed by atoms with Gasteiger partial charge in [0.2, 0.25) is 5.91 Å². The minimum atomic E-state index is -1.11. The lowest BCUT2D eigenvalue weighted by molar-refractivity contribution is -0.117. The van der Waals surface area contributed by atoms with Crippen LogP contribution in [0.3, 0.4) is 0 Å². The number of carbonyl (C=O) groups excluding carboxylic acids is 1. The highest BCUT2D eigenvalue weighted by Crippen LogP contribution is 2.43. The Labute approximate surface area is 202 Å². The van der Waals surface area contributed by atoms with E-state index in [2.05, 4.69) is 36.9 Å². The zero-order valence-corrected chi connectivity index (χ0v) is 19.2. The molecule has 1 amide bonds. The van der Waals surface area contributed by atoms with Gasteiger partial charge in [0.15, 0.2) is 11.5 Å². The number of amides is 1. The third kappa shape index (κ3) is 3.61. The Kier molecular flexibility index (Phi) is 4.81. The summed E-state index contributed by atoms with van der Waals surface area (Å²) < 4.78 is 30.4. The van der Waals surface area contributed by atoms with Crippen LogP contribution in [0.1, 0.15) is 37.8 Å². The van der Waals surface area contributed by atoms with Crippen molar-refractivity contribution in [2.45, 2.75) is 43.9 Å². The second-order valence-electron chi connectivity index (χ2n) is 9.15. The average molecular weight is 497 g/mol. The molecule has 1 unspecified atom stereocenters. The predicted molar refractivity (Wildman–Crippen MR) is 124 cm³/mol. The number of benzene rings is 1. The third-order valence-corrected chi connectivity index (χ3v) is 6.97. The van der Waals surface area contributed by atoms with Crippen LogP contribution in [-0.2, 0) is 4.79 Å². The maximum absolute atomic E-state index is 15.7. The zero-order valence-electron chi connectivity index (χ0n) is 18.4. The number of rotatable bonds is 6. The molecule has 0 aliphatic heterocycles. The van der Waals surface area contributed by atoms with Crippen LogP contribution in [0, 0.1) is 23.1 Å². The molecule has 2 aliphatic carbocycles. The molecule has 1 aromatic carbocycles. The van der Waals surface area contributed by atoms with Crippen molar-refractivity contribution in [3.05, 3.63) is 41.2 Å². The Hall–Kier alpha value is -3.62. The van der Waals surface area contributed by atoms with Gasteiger partial charge in [-0.15, -0.1) is 0 Å². The van der Waals surface area contributed by atoms with Gasteiger partial charge >= 0.3 is 0 Å². The summed E-state index contributed by atoms with van der Waals surface area (Å²) >= 11 is 6.55. The summed E-state index contributed by atoms with van der Waals surface area (Å²) in [5.41, 5.74) is 1.28. The van der Waals surface area contributed by atoms with E-state index in [1.165, 1.54) is 6.20 Å². The van der Waals surface area contributed by atoms with Crippen molar-refractivity contribution in [1.82, 2.24) is 29.9 Å².